The molecule has 0 aliphatic carbocycles. The van der Waals surface area contributed by atoms with E-state index in [0.717, 1.165) is 13.0 Å². The quantitative estimate of drug-likeness (QED) is 0.599. The van der Waals surface area contributed by atoms with Crippen LogP contribution in [0.1, 0.15) is 41.0 Å². The molecule has 0 radical (unpaired) electrons. The number of nitrogens with zero attached hydrogens (tertiary/aromatic N) is 1. The van der Waals surface area contributed by atoms with E-state index in [1.54, 1.807) is 0 Å². The third-order valence-electron chi connectivity index (χ3n) is 2.95. The summed E-state index contributed by atoms with van der Waals surface area (Å²) in [5.41, 5.74) is 0.110. The van der Waals surface area contributed by atoms with Crippen LogP contribution >= 0.6 is 0 Å². The molecule has 2 heteroatoms. The maximum Gasteiger partial charge on any atom is 0.0730 e. The Labute approximate surface area is 75.6 Å². The summed E-state index contributed by atoms with van der Waals surface area (Å²) in [6.45, 7) is 11.9. The van der Waals surface area contributed by atoms with E-state index < -0.39 is 0 Å². The van der Waals surface area contributed by atoms with Gasteiger partial charge in [0, 0.05) is 17.6 Å². The van der Waals surface area contributed by atoms with Gasteiger partial charge in [-0.3, -0.25) is 4.90 Å². The molecule has 1 saturated heterocycles. The van der Waals surface area contributed by atoms with Crippen molar-refractivity contribution in [3.63, 3.8) is 0 Å². The number of aliphatic hydroxyl groups is 1. The molecule has 0 amide bonds. The first kappa shape index (κ1) is 10.0. The van der Waals surface area contributed by atoms with Gasteiger partial charge in [0.05, 0.1) is 6.10 Å². The molecule has 1 fully saturated rings. The Kier molecular flexibility index (Phi) is 2.26. The predicted molar refractivity (Wildman–Crippen MR) is 51.2 cm³/mol. The highest BCUT2D eigenvalue weighted by Crippen LogP contribution is 2.34. The Morgan fingerprint density at radius 2 is 1.83 bits per heavy atom. The van der Waals surface area contributed by atoms with Crippen LogP contribution in [-0.4, -0.2) is 33.7 Å². The fourth-order valence-corrected chi connectivity index (χ4v) is 2.27. The summed E-state index contributed by atoms with van der Waals surface area (Å²) in [5.74, 6) is 0. The molecule has 1 heterocycles. The predicted octanol–water partition coefficient (Wildman–Crippen LogP) is 1.63. The topological polar surface area (TPSA) is 23.5 Å². The van der Waals surface area contributed by atoms with E-state index >= 15 is 0 Å². The first-order valence-electron chi connectivity index (χ1n) is 4.72. The van der Waals surface area contributed by atoms with Crippen LogP contribution in [0.2, 0.25) is 0 Å². The molecule has 0 bridgehead atoms. The van der Waals surface area contributed by atoms with Crippen LogP contribution in [0, 0.1) is 0 Å². The van der Waals surface area contributed by atoms with Crippen molar-refractivity contribution in [3.05, 3.63) is 0 Å². The van der Waals surface area contributed by atoms with Gasteiger partial charge >= 0.3 is 0 Å². The standard InChI is InChI=1S/C10H21NO/c1-9(2,3)11-7-6-8(12)10(11,4)5/h8,12H,6-7H2,1-5H3/t8-/m1/s1. The van der Waals surface area contributed by atoms with Crippen molar-refractivity contribution in [2.75, 3.05) is 6.54 Å². The molecule has 0 unspecified atom stereocenters. The Morgan fingerprint density at radius 3 is 2.00 bits per heavy atom. The number of hydrogen-bond donors (Lipinski definition) is 1. The Bertz CT molecular complexity index is 169. The van der Waals surface area contributed by atoms with Gasteiger partial charge in [-0.25, -0.2) is 0 Å². The van der Waals surface area contributed by atoms with Gasteiger partial charge in [0.2, 0.25) is 0 Å². The van der Waals surface area contributed by atoms with Crippen molar-refractivity contribution < 1.29 is 5.11 Å². The van der Waals surface area contributed by atoms with Crippen molar-refractivity contribution in [1.82, 2.24) is 4.90 Å². The molecule has 1 aliphatic rings. The molecule has 0 saturated carbocycles. The highest BCUT2D eigenvalue weighted by atomic mass is 16.3. The van der Waals surface area contributed by atoms with Gasteiger partial charge in [0.15, 0.2) is 0 Å². The van der Waals surface area contributed by atoms with Crippen LogP contribution in [0.5, 0.6) is 0 Å². The summed E-state index contributed by atoms with van der Waals surface area (Å²) >= 11 is 0. The smallest absolute Gasteiger partial charge is 0.0730 e. The minimum atomic E-state index is -0.170. The summed E-state index contributed by atoms with van der Waals surface area (Å²) in [6, 6.07) is 0. The highest BCUT2D eigenvalue weighted by molar-refractivity contribution is 5.00. The molecule has 0 spiro atoms. The molecule has 1 atom stereocenters. The van der Waals surface area contributed by atoms with E-state index in [2.05, 4.69) is 39.5 Å². The summed E-state index contributed by atoms with van der Waals surface area (Å²) in [5, 5.41) is 9.75. The molecule has 0 aromatic heterocycles. The van der Waals surface area contributed by atoms with Crippen molar-refractivity contribution >= 4 is 0 Å². The first-order chi connectivity index (χ1) is 5.26. The van der Waals surface area contributed by atoms with Crippen molar-refractivity contribution in [1.29, 1.82) is 0 Å². The summed E-state index contributed by atoms with van der Waals surface area (Å²) in [7, 11) is 0. The number of likely N-dealkylation sites (tertiary alicyclic amines) is 1. The SMILES string of the molecule is CC(C)(C)N1CC[C@@H](O)C1(C)C. The molecule has 0 aromatic rings. The largest absolute Gasteiger partial charge is 0.391 e. The number of hydrogen-bond acceptors (Lipinski definition) is 2. The lowest BCUT2D eigenvalue weighted by atomic mass is 9.94. The molecular formula is C10H21NO. The maximum atomic E-state index is 9.75. The molecule has 1 N–H and O–H groups in total. The maximum absolute atomic E-state index is 9.75. The second-order valence-corrected chi connectivity index (χ2v) is 5.28. The van der Waals surface area contributed by atoms with E-state index in [9.17, 15) is 5.11 Å². The Hall–Kier alpha value is -0.0800. The van der Waals surface area contributed by atoms with Gasteiger partial charge in [0.1, 0.15) is 0 Å². The van der Waals surface area contributed by atoms with Crippen LogP contribution in [-0.2, 0) is 0 Å². The van der Waals surface area contributed by atoms with Crippen molar-refractivity contribution in [3.8, 4) is 0 Å². The molecular weight excluding hydrogens is 150 g/mol. The third-order valence-corrected chi connectivity index (χ3v) is 2.95. The third kappa shape index (κ3) is 1.50. The lowest BCUT2D eigenvalue weighted by molar-refractivity contribution is 0.00550. The average molecular weight is 171 g/mol. The van der Waals surface area contributed by atoms with Crippen LogP contribution in [0.3, 0.4) is 0 Å². The van der Waals surface area contributed by atoms with Crippen LogP contribution in [0.15, 0.2) is 0 Å². The average Bonchev–Trinajstić information content (AvgIpc) is 2.06. The lowest BCUT2D eigenvalue weighted by Gasteiger charge is -2.43. The fraction of sp³-hybridized carbons (Fsp3) is 1.00. The molecule has 12 heavy (non-hydrogen) atoms. The number of aliphatic hydroxyl groups excluding tert-OH is 1. The molecule has 1 rings (SSSR count). The second kappa shape index (κ2) is 2.71. The van der Waals surface area contributed by atoms with Gasteiger partial charge < -0.3 is 5.11 Å². The minimum Gasteiger partial charge on any atom is -0.391 e. The fourth-order valence-electron chi connectivity index (χ4n) is 2.27. The van der Waals surface area contributed by atoms with E-state index in [0.29, 0.717) is 0 Å². The summed E-state index contributed by atoms with van der Waals surface area (Å²) < 4.78 is 0. The van der Waals surface area contributed by atoms with Gasteiger partial charge in [-0.2, -0.15) is 0 Å². The van der Waals surface area contributed by atoms with E-state index in [-0.39, 0.29) is 17.2 Å². The first-order valence-corrected chi connectivity index (χ1v) is 4.72. The van der Waals surface area contributed by atoms with Crippen LogP contribution < -0.4 is 0 Å². The Morgan fingerprint density at radius 1 is 1.33 bits per heavy atom. The normalized spacial score (nSPS) is 31.0. The van der Waals surface area contributed by atoms with Gasteiger partial charge in [0.25, 0.3) is 0 Å². The van der Waals surface area contributed by atoms with Gasteiger partial charge in [-0.15, -0.1) is 0 Å². The minimum absolute atomic E-state index is 0.0573. The second-order valence-electron chi connectivity index (χ2n) is 5.28. The zero-order valence-corrected chi connectivity index (χ0v) is 8.89. The molecule has 2 nitrogen and oxygen atoms in total. The zero-order chi connectivity index (χ0) is 9.57. The van der Waals surface area contributed by atoms with Crippen molar-refractivity contribution in [2.24, 2.45) is 0 Å². The monoisotopic (exact) mass is 171 g/mol. The lowest BCUT2D eigenvalue weighted by Crippen LogP contribution is -2.53. The van der Waals surface area contributed by atoms with Crippen LogP contribution in [0.4, 0.5) is 0 Å². The molecule has 72 valence electrons. The molecule has 0 aromatic carbocycles. The molecule has 1 aliphatic heterocycles. The number of rotatable bonds is 0. The summed E-state index contributed by atoms with van der Waals surface area (Å²) in [6.07, 6.45) is 0.737. The zero-order valence-electron chi connectivity index (χ0n) is 8.89. The summed E-state index contributed by atoms with van der Waals surface area (Å²) in [4.78, 5) is 2.38. The van der Waals surface area contributed by atoms with E-state index in [1.165, 1.54) is 0 Å². The van der Waals surface area contributed by atoms with Crippen LogP contribution in [0.25, 0.3) is 0 Å². The van der Waals surface area contributed by atoms with Crippen molar-refractivity contribution in [2.45, 2.75) is 58.2 Å². The van der Waals surface area contributed by atoms with Gasteiger partial charge in [-0.1, -0.05) is 0 Å². The Balaban J connectivity index is 2.82. The van der Waals surface area contributed by atoms with E-state index in [4.69, 9.17) is 0 Å². The highest BCUT2D eigenvalue weighted by Gasteiger charge is 2.44. The van der Waals surface area contributed by atoms with E-state index in [1.807, 2.05) is 0 Å². The van der Waals surface area contributed by atoms with Gasteiger partial charge in [-0.05, 0) is 41.0 Å².